The summed E-state index contributed by atoms with van der Waals surface area (Å²) in [6, 6.07) is 0. The molecule has 0 saturated carbocycles. The van der Waals surface area contributed by atoms with Gasteiger partial charge in [0.15, 0.2) is 0 Å². The van der Waals surface area contributed by atoms with Crippen molar-refractivity contribution in [3.8, 4) is 0 Å². The van der Waals surface area contributed by atoms with Crippen LogP contribution in [0, 0.1) is 13.8 Å². The van der Waals surface area contributed by atoms with Crippen LogP contribution in [0.5, 0.6) is 0 Å². The Balaban J connectivity index is 2.18. The lowest BCUT2D eigenvalue weighted by Gasteiger charge is -2.07. The van der Waals surface area contributed by atoms with Gasteiger partial charge in [-0.15, -0.1) is 0 Å². The molecule has 9 heteroatoms. The van der Waals surface area contributed by atoms with Gasteiger partial charge in [0.2, 0.25) is 10.0 Å². The summed E-state index contributed by atoms with van der Waals surface area (Å²) < 4.78 is 27.0. The highest BCUT2D eigenvalue weighted by Crippen LogP contribution is 2.22. The maximum absolute atomic E-state index is 12.3. The topological polar surface area (TPSA) is 128 Å². The summed E-state index contributed by atoms with van der Waals surface area (Å²) in [5, 5.41) is 9.01. The second-order valence-electron chi connectivity index (χ2n) is 4.61. The van der Waals surface area contributed by atoms with Gasteiger partial charge in [0.05, 0.1) is 6.33 Å². The average Bonchev–Trinajstić information content (AvgIpc) is 2.97. The normalized spacial score (nSPS) is 11.7. The lowest BCUT2D eigenvalue weighted by molar-refractivity contribution is 0.0690. The molecular weight excluding hydrogens is 296 g/mol. The van der Waals surface area contributed by atoms with E-state index in [2.05, 4.69) is 19.7 Å². The van der Waals surface area contributed by atoms with Crippen LogP contribution in [0.2, 0.25) is 0 Å². The Hall–Kier alpha value is -2.13. The van der Waals surface area contributed by atoms with Crippen LogP contribution < -0.4 is 4.72 Å². The predicted molar refractivity (Wildman–Crippen MR) is 74.7 cm³/mol. The number of carboxylic acids is 1. The Morgan fingerprint density at radius 1 is 1.43 bits per heavy atom. The number of aryl methyl sites for hydroxylation is 1. The second-order valence-corrected chi connectivity index (χ2v) is 6.31. The number of hydrogen-bond acceptors (Lipinski definition) is 4. The minimum atomic E-state index is -3.77. The van der Waals surface area contributed by atoms with E-state index in [0.717, 1.165) is 5.69 Å². The number of imidazole rings is 1. The summed E-state index contributed by atoms with van der Waals surface area (Å²) in [7, 11) is -3.77. The molecule has 0 spiro atoms. The van der Waals surface area contributed by atoms with E-state index in [1.807, 2.05) is 0 Å². The van der Waals surface area contributed by atoms with Gasteiger partial charge in [-0.3, -0.25) is 0 Å². The van der Waals surface area contributed by atoms with Crippen molar-refractivity contribution >= 4 is 16.0 Å². The molecule has 0 atom stereocenters. The van der Waals surface area contributed by atoms with Crippen molar-refractivity contribution in [3.05, 3.63) is 35.2 Å². The third kappa shape index (κ3) is 3.14. The van der Waals surface area contributed by atoms with Gasteiger partial charge >= 0.3 is 5.97 Å². The smallest absolute Gasteiger partial charge is 0.352 e. The molecule has 0 radical (unpaired) electrons. The van der Waals surface area contributed by atoms with Crippen LogP contribution in [0.3, 0.4) is 0 Å². The summed E-state index contributed by atoms with van der Waals surface area (Å²) in [5.41, 5.74) is 1.21. The van der Waals surface area contributed by atoms with Crippen molar-refractivity contribution in [2.45, 2.75) is 25.2 Å². The minimum absolute atomic E-state index is 0.00971. The van der Waals surface area contributed by atoms with E-state index in [0.29, 0.717) is 12.1 Å². The molecule has 0 amide bonds. The Morgan fingerprint density at radius 2 is 2.14 bits per heavy atom. The zero-order valence-electron chi connectivity index (χ0n) is 11.6. The number of sulfonamides is 1. The molecule has 0 bridgehead atoms. The highest BCUT2D eigenvalue weighted by molar-refractivity contribution is 7.89. The minimum Gasteiger partial charge on any atom is -0.477 e. The summed E-state index contributed by atoms with van der Waals surface area (Å²) >= 11 is 0. The zero-order chi connectivity index (χ0) is 15.6. The van der Waals surface area contributed by atoms with Crippen molar-refractivity contribution < 1.29 is 18.3 Å². The first kappa shape index (κ1) is 15.3. The quantitative estimate of drug-likeness (QED) is 0.620. The van der Waals surface area contributed by atoms with Crippen LogP contribution in [-0.2, 0) is 16.4 Å². The summed E-state index contributed by atoms with van der Waals surface area (Å²) in [5.74, 6) is -1.19. The molecule has 0 aliphatic heterocycles. The van der Waals surface area contributed by atoms with Gasteiger partial charge in [-0.2, -0.15) is 0 Å². The number of aromatic carboxylic acids is 1. The number of aromatic nitrogens is 3. The van der Waals surface area contributed by atoms with E-state index >= 15 is 0 Å². The number of carboxylic acid groups (broad SMARTS) is 1. The average molecular weight is 312 g/mol. The first-order valence-corrected chi connectivity index (χ1v) is 7.70. The maximum Gasteiger partial charge on any atom is 0.352 e. The van der Waals surface area contributed by atoms with Crippen molar-refractivity contribution in [2.24, 2.45) is 0 Å². The predicted octanol–water partition coefficient (Wildman–Crippen LogP) is 0.574. The zero-order valence-corrected chi connectivity index (χ0v) is 12.4. The molecule has 0 unspecified atom stereocenters. The van der Waals surface area contributed by atoms with Crippen LogP contribution in [0.4, 0.5) is 0 Å². The van der Waals surface area contributed by atoms with Crippen LogP contribution >= 0.6 is 0 Å². The number of rotatable bonds is 6. The standard InChI is InChI=1S/C12H16N4O4S/c1-7-10(12(17)18)16-8(2)11(7)21(19,20)15-4-3-9-5-13-6-14-9/h5-6,15-16H,3-4H2,1-2H3,(H,13,14)(H,17,18). The lowest BCUT2D eigenvalue weighted by atomic mass is 10.2. The monoisotopic (exact) mass is 312 g/mol. The summed E-state index contributed by atoms with van der Waals surface area (Å²) in [6.45, 7) is 3.19. The van der Waals surface area contributed by atoms with Gasteiger partial charge in [-0.05, 0) is 13.8 Å². The molecule has 8 nitrogen and oxygen atoms in total. The molecule has 0 fully saturated rings. The van der Waals surface area contributed by atoms with Crippen LogP contribution in [0.15, 0.2) is 17.4 Å². The molecule has 0 aliphatic rings. The fourth-order valence-corrected chi connectivity index (χ4v) is 3.64. The molecule has 2 heterocycles. The van der Waals surface area contributed by atoms with E-state index in [1.165, 1.54) is 20.2 Å². The maximum atomic E-state index is 12.3. The van der Waals surface area contributed by atoms with Crippen molar-refractivity contribution in [1.29, 1.82) is 0 Å². The van der Waals surface area contributed by atoms with Crippen molar-refractivity contribution in [1.82, 2.24) is 19.7 Å². The molecule has 2 aromatic heterocycles. The number of hydrogen-bond donors (Lipinski definition) is 4. The third-order valence-electron chi connectivity index (χ3n) is 3.09. The molecule has 21 heavy (non-hydrogen) atoms. The Labute approximate surface area is 121 Å². The van der Waals surface area contributed by atoms with Crippen molar-refractivity contribution in [2.75, 3.05) is 6.54 Å². The molecule has 2 aromatic rings. The molecule has 0 saturated heterocycles. The number of carbonyl (C=O) groups is 1. The molecule has 2 rings (SSSR count). The first-order chi connectivity index (χ1) is 9.83. The van der Waals surface area contributed by atoms with Crippen LogP contribution in [0.1, 0.15) is 27.4 Å². The van der Waals surface area contributed by atoms with Crippen molar-refractivity contribution in [3.63, 3.8) is 0 Å². The molecule has 0 aromatic carbocycles. The fourth-order valence-electron chi connectivity index (χ4n) is 2.16. The summed E-state index contributed by atoms with van der Waals surface area (Å²) in [4.78, 5) is 20.3. The Morgan fingerprint density at radius 3 is 2.67 bits per heavy atom. The number of aromatic amines is 2. The van der Waals surface area contributed by atoms with E-state index in [-0.39, 0.29) is 22.7 Å². The van der Waals surface area contributed by atoms with E-state index in [1.54, 1.807) is 6.20 Å². The molecular formula is C12H16N4O4S. The number of H-pyrrole nitrogens is 2. The number of nitrogens with zero attached hydrogens (tertiary/aromatic N) is 1. The molecule has 4 N–H and O–H groups in total. The second kappa shape index (κ2) is 5.70. The largest absolute Gasteiger partial charge is 0.477 e. The third-order valence-corrected chi connectivity index (χ3v) is 4.83. The van der Waals surface area contributed by atoms with Gasteiger partial charge in [-0.25, -0.2) is 22.9 Å². The highest BCUT2D eigenvalue weighted by atomic mass is 32.2. The Bertz CT molecular complexity index is 747. The van der Waals surface area contributed by atoms with E-state index in [4.69, 9.17) is 5.11 Å². The van der Waals surface area contributed by atoms with Crippen LogP contribution in [-0.4, -0.2) is 41.0 Å². The van der Waals surface area contributed by atoms with Gasteiger partial charge in [0.25, 0.3) is 0 Å². The van der Waals surface area contributed by atoms with Gasteiger partial charge in [-0.1, -0.05) is 0 Å². The lowest BCUT2D eigenvalue weighted by Crippen LogP contribution is -2.27. The van der Waals surface area contributed by atoms with Gasteiger partial charge in [0.1, 0.15) is 10.6 Å². The SMILES string of the molecule is Cc1[nH]c(C(=O)O)c(C)c1S(=O)(=O)NCCc1cnc[nH]1. The molecule has 0 aliphatic carbocycles. The summed E-state index contributed by atoms with van der Waals surface area (Å²) in [6.07, 6.45) is 3.60. The van der Waals surface area contributed by atoms with E-state index < -0.39 is 16.0 Å². The fraction of sp³-hybridized carbons (Fsp3) is 0.333. The van der Waals surface area contributed by atoms with E-state index in [9.17, 15) is 13.2 Å². The Kier molecular flexibility index (Phi) is 4.14. The van der Waals surface area contributed by atoms with Gasteiger partial charge in [0, 0.05) is 36.1 Å². The highest BCUT2D eigenvalue weighted by Gasteiger charge is 2.25. The van der Waals surface area contributed by atoms with Crippen LogP contribution in [0.25, 0.3) is 0 Å². The number of nitrogens with one attached hydrogen (secondary N) is 3. The first-order valence-electron chi connectivity index (χ1n) is 6.22. The van der Waals surface area contributed by atoms with Gasteiger partial charge < -0.3 is 15.1 Å². The molecule has 114 valence electrons.